The lowest BCUT2D eigenvalue weighted by molar-refractivity contribution is 0.103. The SMILES string of the molecule is [C-]#[N+]c1ccc([C@H](CO)N2CCN(c3ccc(CCO)cc3C#N)[C@H](c3ccc(Cl)cc3)C2)cc1. The number of nitriles is 1. The largest absolute Gasteiger partial charge is 0.396 e. The maximum atomic E-state index is 10.3. The summed E-state index contributed by atoms with van der Waals surface area (Å²) in [7, 11) is 0. The second-order valence-electron chi connectivity index (χ2n) is 8.59. The molecule has 3 aromatic carbocycles. The molecule has 1 fully saturated rings. The van der Waals surface area contributed by atoms with Crippen molar-refractivity contribution in [2.75, 3.05) is 37.7 Å². The molecule has 0 bridgehead atoms. The van der Waals surface area contributed by atoms with Crippen molar-refractivity contribution < 1.29 is 10.2 Å². The summed E-state index contributed by atoms with van der Waals surface area (Å²) >= 11 is 6.16. The van der Waals surface area contributed by atoms with Crippen LogP contribution in [0.3, 0.4) is 0 Å². The number of piperazine rings is 1. The standard InChI is InChI=1S/C28H27ClN4O2/c1-31-25-9-5-22(6-10-25)28(19-35)32-13-14-33(27(18-32)21-3-7-24(29)8-4-21)26-11-2-20(12-15-34)16-23(26)17-30/h2-11,16,27-28,34-35H,12-15,18-19H2/t27-,28-/m0/s1. The average molecular weight is 487 g/mol. The number of hydrogen-bond acceptors (Lipinski definition) is 5. The minimum absolute atomic E-state index is 0.0374. The molecule has 1 heterocycles. The maximum absolute atomic E-state index is 10.3. The summed E-state index contributed by atoms with van der Waals surface area (Å²) in [6.07, 6.45) is 0.508. The van der Waals surface area contributed by atoms with Crippen LogP contribution in [0.25, 0.3) is 4.85 Å². The van der Waals surface area contributed by atoms with Gasteiger partial charge >= 0.3 is 0 Å². The second kappa shape index (κ2) is 11.4. The quantitative estimate of drug-likeness (QED) is 0.465. The van der Waals surface area contributed by atoms with Gasteiger partial charge < -0.3 is 15.1 Å². The van der Waals surface area contributed by atoms with E-state index in [0.717, 1.165) is 22.4 Å². The van der Waals surface area contributed by atoms with E-state index in [0.29, 0.717) is 42.3 Å². The zero-order valence-corrected chi connectivity index (χ0v) is 20.1. The first kappa shape index (κ1) is 24.7. The molecule has 1 aliphatic heterocycles. The van der Waals surface area contributed by atoms with Crippen molar-refractivity contribution in [2.24, 2.45) is 0 Å². The van der Waals surface area contributed by atoms with Crippen molar-refractivity contribution in [3.8, 4) is 6.07 Å². The first-order valence-electron chi connectivity index (χ1n) is 11.6. The number of benzene rings is 3. The van der Waals surface area contributed by atoms with Gasteiger partial charge in [-0.05, 0) is 47.4 Å². The fourth-order valence-electron chi connectivity index (χ4n) is 4.76. The lowest BCUT2D eigenvalue weighted by Crippen LogP contribution is -2.50. The molecule has 35 heavy (non-hydrogen) atoms. The number of anilines is 1. The molecular formula is C28H27ClN4O2. The minimum Gasteiger partial charge on any atom is -0.396 e. The van der Waals surface area contributed by atoms with Crippen molar-refractivity contribution in [2.45, 2.75) is 18.5 Å². The molecule has 0 unspecified atom stereocenters. The Labute approximate surface area is 211 Å². The van der Waals surface area contributed by atoms with E-state index in [1.54, 1.807) is 12.1 Å². The number of hydrogen-bond donors (Lipinski definition) is 2. The van der Waals surface area contributed by atoms with Gasteiger partial charge in [-0.3, -0.25) is 4.90 Å². The zero-order chi connectivity index (χ0) is 24.8. The molecule has 2 N–H and O–H groups in total. The summed E-state index contributed by atoms with van der Waals surface area (Å²) < 4.78 is 0. The summed E-state index contributed by atoms with van der Waals surface area (Å²) in [5.41, 5.74) is 4.98. The Balaban J connectivity index is 1.69. The highest BCUT2D eigenvalue weighted by atomic mass is 35.5. The molecule has 2 atom stereocenters. The van der Waals surface area contributed by atoms with Crippen molar-refractivity contribution in [3.63, 3.8) is 0 Å². The molecule has 178 valence electrons. The zero-order valence-electron chi connectivity index (χ0n) is 19.3. The third-order valence-corrected chi connectivity index (χ3v) is 6.83. The van der Waals surface area contributed by atoms with E-state index in [9.17, 15) is 15.5 Å². The Morgan fingerprint density at radius 2 is 1.80 bits per heavy atom. The Bertz CT molecular complexity index is 1230. The molecule has 4 rings (SSSR count). The van der Waals surface area contributed by atoms with Crippen LogP contribution in [0.4, 0.5) is 11.4 Å². The van der Waals surface area contributed by atoms with Crippen LogP contribution in [-0.2, 0) is 6.42 Å². The fourth-order valence-corrected chi connectivity index (χ4v) is 4.88. The van der Waals surface area contributed by atoms with E-state index >= 15 is 0 Å². The number of rotatable bonds is 7. The van der Waals surface area contributed by atoms with Gasteiger partial charge in [-0.1, -0.05) is 54.1 Å². The molecule has 7 heteroatoms. The van der Waals surface area contributed by atoms with E-state index in [2.05, 4.69) is 20.7 Å². The fraction of sp³-hybridized carbons (Fsp3) is 0.286. The summed E-state index contributed by atoms with van der Waals surface area (Å²) in [5.74, 6) is 0. The van der Waals surface area contributed by atoms with Crippen LogP contribution in [0, 0.1) is 17.9 Å². The van der Waals surface area contributed by atoms with Crippen LogP contribution in [-0.4, -0.2) is 48.0 Å². The summed E-state index contributed by atoms with van der Waals surface area (Å²) in [6.45, 7) is 9.19. The second-order valence-corrected chi connectivity index (χ2v) is 9.03. The highest BCUT2D eigenvalue weighted by Gasteiger charge is 2.33. The van der Waals surface area contributed by atoms with Crippen LogP contribution < -0.4 is 4.90 Å². The predicted octanol–water partition coefficient (Wildman–Crippen LogP) is 4.89. The monoisotopic (exact) mass is 486 g/mol. The van der Waals surface area contributed by atoms with E-state index in [1.807, 2.05) is 54.6 Å². The van der Waals surface area contributed by atoms with Gasteiger partial charge in [0, 0.05) is 31.3 Å². The van der Waals surface area contributed by atoms with Crippen molar-refractivity contribution >= 4 is 23.0 Å². The number of nitrogens with zero attached hydrogens (tertiary/aromatic N) is 4. The van der Waals surface area contributed by atoms with E-state index in [4.69, 9.17) is 18.2 Å². The molecule has 0 spiro atoms. The molecule has 1 saturated heterocycles. The molecule has 0 saturated carbocycles. The molecule has 1 aliphatic rings. The van der Waals surface area contributed by atoms with E-state index in [1.165, 1.54) is 0 Å². The highest BCUT2D eigenvalue weighted by molar-refractivity contribution is 6.30. The first-order chi connectivity index (χ1) is 17.1. The van der Waals surface area contributed by atoms with Gasteiger partial charge in [0.2, 0.25) is 0 Å². The summed E-state index contributed by atoms with van der Waals surface area (Å²) in [5, 5.41) is 30.1. The minimum atomic E-state index is -0.200. The third kappa shape index (κ3) is 5.48. The van der Waals surface area contributed by atoms with Gasteiger partial charge in [0.25, 0.3) is 0 Å². The third-order valence-electron chi connectivity index (χ3n) is 6.58. The Kier molecular flexibility index (Phi) is 8.02. The number of aliphatic hydroxyl groups excluding tert-OH is 2. The average Bonchev–Trinajstić information content (AvgIpc) is 2.90. The lowest BCUT2D eigenvalue weighted by atomic mass is 9.96. The molecule has 3 aromatic rings. The Hall–Kier alpha value is -3.39. The highest BCUT2D eigenvalue weighted by Crippen LogP contribution is 2.36. The van der Waals surface area contributed by atoms with E-state index in [-0.39, 0.29) is 25.3 Å². The van der Waals surface area contributed by atoms with Crippen molar-refractivity contribution in [1.29, 1.82) is 5.26 Å². The maximum Gasteiger partial charge on any atom is 0.187 e. The summed E-state index contributed by atoms with van der Waals surface area (Å²) in [4.78, 5) is 7.97. The van der Waals surface area contributed by atoms with Gasteiger partial charge in [-0.25, -0.2) is 4.85 Å². The van der Waals surface area contributed by atoms with Gasteiger partial charge in [0.15, 0.2) is 5.69 Å². The Morgan fingerprint density at radius 3 is 2.43 bits per heavy atom. The lowest BCUT2D eigenvalue weighted by Gasteiger charge is -2.46. The van der Waals surface area contributed by atoms with Crippen molar-refractivity contribution in [3.05, 3.63) is 105 Å². The molecule has 0 radical (unpaired) electrons. The van der Waals surface area contributed by atoms with Crippen molar-refractivity contribution in [1.82, 2.24) is 4.90 Å². The van der Waals surface area contributed by atoms with Gasteiger partial charge in [0.05, 0.1) is 36.5 Å². The normalized spacial score (nSPS) is 16.9. The van der Waals surface area contributed by atoms with Gasteiger partial charge in [-0.15, -0.1) is 0 Å². The van der Waals surface area contributed by atoms with Crippen LogP contribution in [0.5, 0.6) is 0 Å². The van der Waals surface area contributed by atoms with Gasteiger partial charge in [-0.2, -0.15) is 5.26 Å². The molecular weight excluding hydrogens is 460 g/mol. The topological polar surface area (TPSA) is 75.1 Å². The number of halogens is 1. The Morgan fingerprint density at radius 1 is 1.06 bits per heavy atom. The van der Waals surface area contributed by atoms with Crippen LogP contribution in [0.2, 0.25) is 5.02 Å². The predicted molar refractivity (Wildman–Crippen MR) is 138 cm³/mol. The van der Waals surface area contributed by atoms with E-state index < -0.39 is 0 Å². The van der Waals surface area contributed by atoms with Crippen LogP contribution in [0.1, 0.15) is 34.3 Å². The number of aliphatic hydroxyl groups is 2. The molecule has 0 aliphatic carbocycles. The molecule has 0 aromatic heterocycles. The summed E-state index contributed by atoms with van der Waals surface area (Å²) in [6, 6.07) is 23.0. The van der Waals surface area contributed by atoms with Gasteiger partial charge in [0.1, 0.15) is 6.07 Å². The van der Waals surface area contributed by atoms with Crippen LogP contribution >= 0.6 is 11.6 Å². The smallest absolute Gasteiger partial charge is 0.187 e. The first-order valence-corrected chi connectivity index (χ1v) is 11.9. The molecule has 0 amide bonds. The molecule has 6 nitrogen and oxygen atoms in total. The van der Waals surface area contributed by atoms with Crippen LogP contribution in [0.15, 0.2) is 66.7 Å².